The highest BCUT2D eigenvalue weighted by atomic mass is 19.1. The molecule has 0 aliphatic carbocycles. The molecule has 6 nitrogen and oxygen atoms in total. The van der Waals surface area contributed by atoms with Gasteiger partial charge in [-0.3, -0.25) is 4.79 Å². The van der Waals surface area contributed by atoms with Gasteiger partial charge in [0.05, 0.1) is 18.3 Å². The number of nitrogens with zero attached hydrogens (tertiary/aromatic N) is 3. The number of hydrogen-bond donors (Lipinski definition) is 0. The molecule has 2 aromatic carbocycles. The van der Waals surface area contributed by atoms with E-state index >= 15 is 0 Å². The van der Waals surface area contributed by atoms with Crippen LogP contribution in [0.4, 0.5) is 14.5 Å². The lowest BCUT2D eigenvalue weighted by molar-refractivity contribution is 0.0736. The van der Waals surface area contributed by atoms with Crippen molar-refractivity contribution in [2.45, 2.75) is 13.5 Å². The molecule has 1 aliphatic rings. The first kappa shape index (κ1) is 22.0. The topological polar surface area (TPSA) is 50.9 Å². The Kier molecular flexibility index (Phi) is 5.73. The van der Waals surface area contributed by atoms with Crippen LogP contribution in [0.1, 0.15) is 21.8 Å². The first-order valence-electron chi connectivity index (χ1n) is 11.1. The van der Waals surface area contributed by atoms with Crippen LogP contribution >= 0.6 is 0 Å². The number of methoxy groups -OCH3 is 1. The maximum Gasteiger partial charge on any atom is 0.270 e. The number of carbonyl (C=O) groups is 1. The molecule has 0 atom stereocenters. The van der Waals surface area contributed by atoms with Crippen LogP contribution in [0.2, 0.25) is 0 Å². The second kappa shape index (κ2) is 8.85. The van der Waals surface area contributed by atoms with Gasteiger partial charge in [0.25, 0.3) is 5.91 Å². The summed E-state index contributed by atoms with van der Waals surface area (Å²) in [4.78, 5) is 17.5. The number of furan rings is 1. The van der Waals surface area contributed by atoms with E-state index in [1.165, 1.54) is 12.1 Å². The molecule has 0 radical (unpaired) electrons. The van der Waals surface area contributed by atoms with Gasteiger partial charge in [-0.1, -0.05) is 12.1 Å². The van der Waals surface area contributed by atoms with Gasteiger partial charge in [-0.2, -0.15) is 0 Å². The van der Waals surface area contributed by atoms with E-state index in [2.05, 4.69) is 4.90 Å². The highest BCUT2D eigenvalue weighted by molar-refractivity contribution is 5.98. The fraction of sp³-hybridized carbons (Fsp3) is 0.269. The number of fused-ring (bicyclic) bond motifs is 1. The molecule has 1 amide bonds. The summed E-state index contributed by atoms with van der Waals surface area (Å²) in [7, 11) is 1.65. The molecular formula is C26H25F2N3O3. The van der Waals surface area contributed by atoms with Gasteiger partial charge >= 0.3 is 0 Å². The van der Waals surface area contributed by atoms with E-state index < -0.39 is 11.6 Å². The quantitative estimate of drug-likeness (QED) is 0.423. The maximum atomic E-state index is 13.8. The minimum Gasteiger partial charge on any atom is -0.495 e. The molecule has 5 rings (SSSR count). The maximum absolute atomic E-state index is 13.8. The molecule has 0 bridgehead atoms. The third-order valence-electron chi connectivity index (χ3n) is 6.19. The number of carbonyl (C=O) groups excluding carboxylic acids is 1. The van der Waals surface area contributed by atoms with E-state index in [1.54, 1.807) is 22.6 Å². The molecule has 3 heterocycles. The number of halogens is 2. The number of ether oxygens (including phenoxy) is 1. The standard InChI is InChI=1S/C26H25F2N3O3/c1-17-11-22-25(34-17)15-23(31(22)16-18-12-19(27)14-20(28)13-18)26(32)30-9-7-29(8-10-30)21-5-3-4-6-24(21)33-2/h3-6,11-15H,7-10,16H2,1-2H3. The van der Waals surface area contributed by atoms with Crippen LogP contribution in [0.15, 0.2) is 59.0 Å². The molecule has 0 spiro atoms. The van der Waals surface area contributed by atoms with Crippen molar-refractivity contribution >= 4 is 22.7 Å². The first-order valence-corrected chi connectivity index (χ1v) is 11.1. The van der Waals surface area contributed by atoms with Crippen LogP contribution in [0.5, 0.6) is 5.75 Å². The number of rotatable bonds is 5. The number of piperazine rings is 1. The van der Waals surface area contributed by atoms with Crippen molar-refractivity contribution in [2.75, 3.05) is 38.2 Å². The molecule has 0 saturated carbocycles. The summed E-state index contributed by atoms with van der Waals surface area (Å²) < 4.78 is 40.6. The van der Waals surface area contributed by atoms with Gasteiger partial charge in [-0.05, 0) is 36.8 Å². The fourth-order valence-electron chi connectivity index (χ4n) is 4.60. The first-order chi connectivity index (χ1) is 16.4. The Morgan fingerprint density at radius 3 is 2.41 bits per heavy atom. The highest BCUT2D eigenvalue weighted by Crippen LogP contribution is 2.30. The third-order valence-corrected chi connectivity index (χ3v) is 6.19. The summed E-state index contributed by atoms with van der Waals surface area (Å²) in [5.74, 6) is 0.0626. The van der Waals surface area contributed by atoms with Crippen molar-refractivity contribution in [3.63, 3.8) is 0 Å². The summed E-state index contributed by atoms with van der Waals surface area (Å²) >= 11 is 0. The summed E-state index contributed by atoms with van der Waals surface area (Å²) in [6.45, 7) is 4.38. The lowest BCUT2D eigenvalue weighted by Gasteiger charge is -2.36. The van der Waals surface area contributed by atoms with Crippen molar-refractivity contribution < 1.29 is 22.7 Å². The van der Waals surface area contributed by atoms with E-state index in [4.69, 9.17) is 9.15 Å². The number of aryl methyl sites for hydroxylation is 1. The van der Waals surface area contributed by atoms with Gasteiger partial charge in [0.2, 0.25) is 0 Å². The van der Waals surface area contributed by atoms with E-state index in [9.17, 15) is 13.6 Å². The highest BCUT2D eigenvalue weighted by Gasteiger charge is 2.27. The van der Waals surface area contributed by atoms with Gasteiger partial charge in [0.1, 0.15) is 28.8 Å². The predicted octanol–water partition coefficient (Wildman–Crippen LogP) is 4.84. The van der Waals surface area contributed by atoms with Crippen LogP contribution in [0.25, 0.3) is 11.1 Å². The van der Waals surface area contributed by atoms with Crippen molar-refractivity contribution in [1.29, 1.82) is 0 Å². The Balaban J connectivity index is 1.40. The van der Waals surface area contributed by atoms with Gasteiger partial charge in [0.15, 0.2) is 5.58 Å². The van der Waals surface area contributed by atoms with E-state index in [-0.39, 0.29) is 12.5 Å². The van der Waals surface area contributed by atoms with Gasteiger partial charge in [0, 0.05) is 50.9 Å². The minimum atomic E-state index is -0.651. The largest absolute Gasteiger partial charge is 0.495 e. The molecule has 2 aromatic heterocycles. The number of aromatic nitrogens is 1. The summed E-state index contributed by atoms with van der Waals surface area (Å²) in [6.07, 6.45) is 0. The van der Waals surface area contributed by atoms with Crippen molar-refractivity contribution in [1.82, 2.24) is 9.47 Å². The third kappa shape index (κ3) is 4.11. The van der Waals surface area contributed by atoms with Crippen LogP contribution in [0.3, 0.4) is 0 Å². The average molecular weight is 466 g/mol. The predicted molar refractivity (Wildman–Crippen MR) is 126 cm³/mol. The SMILES string of the molecule is COc1ccccc1N1CCN(C(=O)c2cc3oc(C)cc3n2Cc2cc(F)cc(F)c2)CC1. The average Bonchev–Trinajstić information content (AvgIpc) is 3.34. The van der Waals surface area contributed by atoms with E-state index in [1.807, 2.05) is 37.3 Å². The zero-order valence-corrected chi connectivity index (χ0v) is 19.1. The molecule has 0 unspecified atom stereocenters. The van der Waals surface area contributed by atoms with Crippen molar-refractivity contribution in [2.24, 2.45) is 0 Å². The number of benzene rings is 2. The van der Waals surface area contributed by atoms with E-state index in [0.717, 1.165) is 23.0 Å². The van der Waals surface area contributed by atoms with Crippen LogP contribution in [-0.4, -0.2) is 48.7 Å². The second-order valence-electron chi connectivity index (χ2n) is 8.45. The molecule has 34 heavy (non-hydrogen) atoms. The molecule has 1 fully saturated rings. The van der Waals surface area contributed by atoms with Gasteiger partial charge in [-0.25, -0.2) is 8.78 Å². The molecule has 8 heteroatoms. The lowest BCUT2D eigenvalue weighted by atomic mass is 10.2. The van der Waals surface area contributed by atoms with Gasteiger partial charge in [-0.15, -0.1) is 0 Å². The fourth-order valence-corrected chi connectivity index (χ4v) is 4.60. The Morgan fingerprint density at radius 1 is 1.00 bits per heavy atom. The smallest absolute Gasteiger partial charge is 0.270 e. The Morgan fingerprint density at radius 2 is 1.71 bits per heavy atom. The molecule has 0 N–H and O–H groups in total. The van der Waals surface area contributed by atoms with E-state index in [0.29, 0.717) is 48.8 Å². The van der Waals surface area contributed by atoms with Crippen LogP contribution in [0, 0.1) is 18.6 Å². The Labute approximate surface area is 195 Å². The Bertz CT molecular complexity index is 1330. The number of hydrogen-bond acceptors (Lipinski definition) is 4. The molecular weight excluding hydrogens is 440 g/mol. The summed E-state index contributed by atoms with van der Waals surface area (Å²) in [5.41, 5.74) is 3.17. The molecule has 1 saturated heterocycles. The van der Waals surface area contributed by atoms with Crippen LogP contribution < -0.4 is 9.64 Å². The zero-order valence-electron chi connectivity index (χ0n) is 19.1. The minimum absolute atomic E-state index is 0.138. The number of para-hydroxylation sites is 2. The van der Waals surface area contributed by atoms with Crippen LogP contribution in [-0.2, 0) is 6.54 Å². The molecule has 4 aromatic rings. The van der Waals surface area contributed by atoms with Crippen molar-refractivity contribution in [3.05, 3.63) is 83.2 Å². The monoisotopic (exact) mass is 465 g/mol. The zero-order chi connectivity index (χ0) is 23.8. The lowest BCUT2D eigenvalue weighted by Crippen LogP contribution is -2.49. The number of anilines is 1. The molecule has 176 valence electrons. The summed E-state index contributed by atoms with van der Waals surface area (Å²) in [6, 6.07) is 14.8. The normalized spacial score (nSPS) is 14.1. The summed E-state index contributed by atoms with van der Waals surface area (Å²) in [5, 5.41) is 0. The number of amides is 1. The second-order valence-corrected chi connectivity index (χ2v) is 8.45. The molecule has 1 aliphatic heterocycles. The van der Waals surface area contributed by atoms with Crippen molar-refractivity contribution in [3.8, 4) is 5.75 Å². The Hall–Kier alpha value is -3.81. The van der Waals surface area contributed by atoms with Gasteiger partial charge < -0.3 is 23.5 Å².